The van der Waals surface area contributed by atoms with E-state index in [1.807, 2.05) is 54.6 Å². The van der Waals surface area contributed by atoms with Crippen LogP contribution in [0.1, 0.15) is 17.5 Å². The quantitative estimate of drug-likeness (QED) is 0.348. The number of amides is 1. The minimum atomic E-state index is -0.681. The summed E-state index contributed by atoms with van der Waals surface area (Å²) >= 11 is 0. The van der Waals surface area contributed by atoms with Crippen LogP contribution in [0, 0.1) is 0 Å². The molecular formula is C23H22N2O4. The number of hydrogen-bond acceptors (Lipinski definition) is 4. The summed E-state index contributed by atoms with van der Waals surface area (Å²) in [5.74, 6) is 0.895. The first-order valence-electron chi connectivity index (χ1n) is 9.29. The van der Waals surface area contributed by atoms with Gasteiger partial charge in [-0.15, -0.1) is 0 Å². The lowest BCUT2D eigenvalue weighted by Gasteiger charge is -2.08. The largest absolute Gasteiger partial charge is 0.457 e. The summed E-state index contributed by atoms with van der Waals surface area (Å²) in [6.45, 7) is 0.564. The molecule has 6 nitrogen and oxygen atoms in total. The third-order valence-electron chi connectivity index (χ3n) is 4.34. The number of ether oxygens (including phenoxy) is 1. The van der Waals surface area contributed by atoms with Gasteiger partial charge in [0.2, 0.25) is 0 Å². The standard InChI is InChI=1S/C23H22N2O4/c26-22(24-28)15-12-19-7-5-17-25(23(19)27)16-4-6-18-10-13-21(14-11-18)29-20-8-2-1-3-9-20/h1-3,5,7-15,17,28H,4,6,16H2,(H,24,26)/b15-12+. The predicted molar refractivity (Wildman–Crippen MR) is 111 cm³/mol. The van der Waals surface area contributed by atoms with Gasteiger partial charge in [0, 0.05) is 24.4 Å². The Hall–Kier alpha value is -3.64. The van der Waals surface area contributed by atoms with Gasteiger partial charge in [-0.2, -0.15) is 0 Å². The van der Waals surface area contributed by atoms with Crippen molar-refractivity contribution in [3.8, 4) is 11.5 Å². The Bertz CT molecular complexity index is 1020. The number of hydroxylamine groups is 1. The summed E-state index contributed by atoms with van der Waals surface area (Å²) in [5, 5.41) is 8.51. The molecular weight excluding hydrogens is 368 g/mol. The molecule has 6 heteroatoms. The molecule has 148 valence electrons. The Morgan fingerprint density at radius 1 is 1.00 bits per heavy atom. The molecule has 0 spiro atoms. The maximum atomic E-state index is 12.4. The van der Waals surface area contributed by atoms with Crippen molar-refractivity contribution in [2.45, 2.75) is 19.4 Å². The van der Waals surface area contributed by atoms with E-state index < -0.39 is 5.91 Å². The number of carbonyl (C=O) groups is 1. The van der Waals surface area contributed by atoms with Gasteiger partial charge in [-0.3, -0.25) is 14.8 Å². The van der Waals surface area contributed by atoms with Gasteiger partial charge >= 0.3 is 0 Å². The molecule has 0 saturated heterocycles. The van der Waals surface area contributed by atoms with Crippen LogP contribution in [0.3, 0.4) is 0 Å². The van der Waals surface area contributed by atoms with E-state index in [0.717, 1.165) is 36.0 Å². The molecule has 3 rings (SSSR count). The van der Waals surface area contributed by atoms with Gasteiger partial charge in [0.15, 0.2) is 0 Å². The van der Waals surface area contributed by atoms with E-state index in [1.165, 1.54) is 11.6 Å². The maximum absolute atomic E-state index is 12.4. The number of carbonyl (C=O) groups excluding carboxylic acids is 1. The number of aromatic nitrogens is 1. The number of nitrogens with one attached hydrogen (secondary N) is 1. The highest BCUT2D eigenvalue weighted by atomic mass is 16.5. The summed E-state index contributed by atoms with van der Waals surface area (Å²) in [6.07, 6.45) is 5.84. The lowest BCUT2D eigenvalue weighted by Crippen LogP contribution is -2.22. The van der Waals surface area contributed by atoms with E-state index in [1.54, 1.807) is 22.9 Å². The molecule has 0 fully saturated rings. The molecule has 0 aliphatic rings. The zero-order chi connectivity index (χ0) is 20.5. The van der Waals surface area contributed by atoms with E-state index >= 15 is 0 Å². The Balaban J connectivity index is 1.55. The number of benzene rings is 2. The second kappa shape index (κ2) is 10.1. The summed E-state index contributed by atoms with van der Waals surface area (Å²) in [5.41, 5.74) is 2.86. The highest BCUT2D eigenvalue weighted by Crippen LogP contribution is 2.21. The van der Waals surface area contributed by atoms with Gasteiger partial charge in [0.25, 0.3) is 11.5 Å². The third-order valence-corrected chi connectivity index (χ3v) is 4.34. The Morgan fingerprint density at radius 2 is 1.72 bits per heavy atom. The van der Waals surface area contributed by atoms with Crippen molar-refractivity contribution in [2.75, 3.05) is 0 Å². The number of aryl methyl sites for hydroxylation is 2. The van der Waals surface area contributed by atoms with Crippen LogP contribution in [0.15, 0.2) is 83.8 Å². The fraction of sp³-hybridized carbons (Fsp3) is 0.130. The normalized spacial score (nSPS) is 10.8. The summed E-state index contributed by atoms with van der Waals surface area (Å²) in [6, 6.07) is 20.9. The van der Waals surface area contributed by atoms with Crippen molar-refractivity contribution in [1.29, 1.82) is 0 Å². The summed E-state index contributed by atoms with van der Waals surface area (Å²) < 4.78 is 7.40. The third kappa shape index (κ3) is 5.92. The SMILES string of the molecule is O=C(/C=C/c1cccn(CCCc2ccc(Oc3ccccc3)cc2)c1=O)NO. The van der Waals surface area contributed by atoms with E-state index in [9.17, 15) is 9.59 Å². The maximum Gasteiger partial charge on any atom is 0.267 e. The molecule has 1 aromatic heterocycles. The Kier molecular flexibility index (Phi) is 6.97. The van der Waals surface area contributed by atoms with Crippen molar-refractivity contribution in [1.82, 2.24) is 10.0 Å². The number of nitrogens with zero attached hydrogens (tertiary/aromatic N) is 1. The zero-order valence-electron chi connectivity index (χ0n) is 15.8. The zero-order valence-corrected chi connectivity index (χ0v) is 15.8. The predicted octanol–water partition coefficient (Wildman–Crippen LogP) is 3.79. The molecule has 29 heavy (non-hydrogen) atoms. The van der Waals surface area contributed by atoms with Crippen LogP contribution in [0.2, 0.25) is 0 Å². The van der Waals surface area contributed by atoms with E-state index in [0.29, 0.717) is 12.1 Å². The van der Waals surface area contributed by atoms with Gasteiger partial charge in [0.05, 0.1) is 0 Å². The highest BCUT2D eigenvalue weighted by Gasteiger charge is 2.03. The van der Waals surface area contributed by atoms with Crippen LogP contribution < -0.4 is 15.8 Å². The second-order valence-corrected chi connectivity index (χ2v) is 6.43. The molecule has 3 aromatic rings. The minimum Gasteiger partial charge on any atom is -0.457 e. The molecule has 0 bridgehead atoms. The molecule has 0 saturated carbocycles. The van der Waals surface area contributed by atoms with Crippen LogP contribution >= 0.6 is 0 Å². The van der Waals surface area contributed by atoms with Crippen molar-refractivity contribution in [3.63, 3.8) is 0 Å². The topological polar surface area (TPSA) is 80.6 Å². The Labute approximate surface area is 168 Å². The van der Waals surface area contributed by atoms with Crippen LogP contribution in [0.25, 0.3) is 6.08 Å². The van der Waals surface area contributed by atoms with Crippen LogP contribution in [0.4, 0.5) is 0 Å². The number of para-hydroxylation sites is 1. The van der Waals surface area contributed by atoms with Crippen molar-refractivity contribution in [3.05, 3.63) is 100 Å². The molecule has 2 aromatic carbocycles. The van der Waals surface area contributed by atoms with Crippen LogP contribution in [-0.4, -0.2) is 15.7 Å². The van der Waals surface area contributed by atoms with Gasteiger partial charge < -0.3 is 9.30 Å². The number of rotatable bonds is 8. The molecule has 1 heterocycles. The number of pyridine rings is 1. The molecule has 0 radical (unpaired) electrons. The van der Waals surface area contributed by atoms with Gasteiger partial charge in [-0.05, 0) is 60.9 Å². The number of hydrogen-bond donors (Lipinski definition) is 2. The average Bonchev–Trinajstić information content (AvgIpc) is 2.76. The van der Waals surface area contributed by atoms with Crippen LogP contribution in [0.5, 0.6) is 11.5 Å². The van der Waals surface area contributed by atoms with Crippen molar-refractivity contribution in [2.24, 2.45) is 0 Å². The second-order valence-electron chi connectivity index (χ2n) is 6.43. The minimum absolute atomic E-state index is 0.180. The first kappa shape index (κ1) is 20.1. The molecule has 0 unspecified atom stereocenters. The highest BCUT2D eigenvalue weighted by molar-refractivity contribution is 5.90. The fourth-order valence-corrected chi connectivity index (χ4v) is 2.86. The molecule has 0 aliphatic heterocycles. The van der Waals surface area contributed by atoms with Gasteiger partial charge in [0.1, 0.15) is 11.5 Å². The van der Waals surface area contributed by atoms with E-state index in [4.69, 9.17) is 9.94 Å². The van der Waals surface area contributed by atoms with Gasteiger partial charge in [-0.25, -0.2) is 5.48 Å². The van der Waals surface area contributed by atoms with E-state index in [2.05, 4.69) is 0 Å². The van der Waals surface area contributed by atoms with Crippen LogP contribution in [-0.2, 0) is 17.8 Å². The lowest BCUT2D eigenvalue weighted by atomic mass is 10.1. The first-order chi connectivity index (χ1) is 14.2. The monoisotopic (exact) mass is 390 g/mol. The smallest absolute Gasteiger partial charge is 0.267 e. The summed E-state index contributed by atoms with van der Waals surface area (Å²) in [7, 11) is 0. The molecule has 0 aliphatic carbocycles. The van der Waals surface area contributed by atoms with Crippen molar-refractivity contribution >= 4 is 12.0 Å². The average molecular weight is 390 g/mol. The lowest BCUT2D eigenvalue weighted by molar-refractivity contribution is -0.124. The fourth-order valence-electron chi connectivity index (χ4n) is 2.86. The van der Waals surface area contributed by atoms with Crippen molar-refractivity contribution < 1.29 is 14.7 Å². The molecule has 1 amide bonds. The molecule has 2 N–H and O–H groups in total. The Morgan fingerprint density at radius 3 is 2.45 bits per heavy atom. The van der Waals surface area contributed by atoms with Gasteiger partial charge in [-0.1, -0.05) is 30.3 Å². The summed E-state index contributed by atoms with van der Waals surface area (Å²) in [4.78, 5) is 23.5. The molecule has 0 atom stereocenters. The van der Waals surface area contributed by atoms with E-state index in [-0.39, 0.29) is 5.56 Å². The first-order valence-corrected chi connectivity index (χ1v) is 9.29.